The molecule has 2 heterocycles. The molecule has 2 aromatic heterocycles. The Labute approximate surface area is 167 Å². The van der Waals surface area contributed by atoms with Crippen molar-refractivity contribution in [2.45, 2.75) is 26.9 Å². The van der Waals surface area contributed by atoms with Crippen molar-refractivity contribution in [3.05, 3.63) is 70.6 Å². The number of benzene rings is 1. The van der Waals surface area contributed by atoms with Gasteiger partial charge in [0, 0.05) is 6.20 Å². The number of carbonyl (C=O) groups is 2. The van der Waals surface area contributed by atoms with Crippen LogP contribution in [0.2, 0.25) is 5.02 Å². The van der Waals surface area contributed by atoms with Gasteiger partial charge >= 0.3 is 5.97 Å². The minimum Gasteiger partial charge on any atom is -0.449 e. The van der Waals surface area contributed by atoms with E-state index >= 15 is 0 Å². The topological polar surface area (TPSA) is 86.1 Å². The number of nitrogens with zero attached hydrogens (tertiary/aromatic N) is 3. The van der Waals surface area contributed by atoms with Crippen molar-refractivity contribution in [2.75, 3.05) is 5.32 Å². The molecule has 1 N–H and O–H groups in total. The van der Waals surface area contributed by atoms with Crippen LogP contribution in [0.1, 0.15) is 28.7 Å². The molecule has 8 heteroatoms. The number of esters is 1. The predicted octanol–water partition coefficient (Wildman–Crippen LogP) is 3.72. The van der Waals surface area contributed by atoms with Crippen LogP contribution in [0.15, 0.2) is 48.7 Å². The van der Waals surface area contributed by atoms with Gasteiger partial charge in [-0.15, -0.1) is 0 Å². The van der Waals surface area contributed by atoms with Crippen LogP contribution in [0, 0.1) is 13.8 Å². The molecule has 144 valence electrons. The van der Waals surface area contributed by atoms with Gasteiger partial charge in [0.2, 0.25) is 0 Å². The van der Waals surface area contributed by atoms with E-state index in [1.807, 2.05) is 30.3 Å². The number of hydrogen-bond donors (Lipinski definition) is 1. The largest absolute Gasteiger partial charge is 0.449 e. The summed E-state index contributed by atoms with van der Waals surface area (Å²) in [6.45, 7) is 5.01. The van der Waals surface area contributed by atoms with Crippen LogP contribution in [0.5, 0.6) is 0 Å². The molecule has 0 fully saturated rings. The van der Waals surface area contributed by atoms with Crippen molar-refractivity contribution in [3.63, 3.8) is 0 Å². The highest BCUT2D eigenvalue weighted by Crippen LogP contribution is 2.19. The Bertz CT molecular complexity index is 1000. The number of halogens is 1. The van der Waals surface area contributed by atoms with E-state index in [2.05, 4.69) is 15.4 Å². The highest BCUT2D eigenvalue weighted by Gasteiger charge is 2.25. The molecular weight excluding hydrogens is 380 g/mol. The number of nitrogens with one attached hydrogen (secondary N) is 1. The Morgan fingerprint density at radius 3 is 2.50 bits per heavy atom. The molecule has 3 aromatic rings. The van der Waals surface area contributed by atoms with E-state index in [9.17, 15) is 9.59 Å². The van der Waals surface area contributed by atoms with Crippen LogP contribution in [-0.2, 0) is 9.53 Å². The fourth-order valence-electron chi connectivity index (χ4n) is 2.71. The van der Waals surface area contributed by atoms with E-state index in [-0.39, 0.29) is 0 Å². The van der Waals surface area contributed by atoms with E-state index in [0.717, 1.165) is 5.69 Å². The molecule has 0 bridgehead atoms. The summed E-state index contributed by atoms with van der Waals surface area (Å²) < 4.78 is 7.02. The maximum Gasteiger partial charge on any atom is 0.342 e. The van der Waals surface area contributed by atoms with E-state index in [1.54, 1.807) is 30.7 Å². The molecule has 28 heavy (non-hydrogen) atoms. The molecule has 0 aliphatic heterocycles. The fraction of sp³-hybridized carbons (Fsp3) is 0.200. The Morgan fingerprint density at radius 2 is 1.86 bits per heavy atom. The van der Waals surface area contributed by atoms with Crippen LogP contribution in [0.3, 0.4) is 0 Å². The van der Waals surface area contributed by atoms with Crippen molar-refractivity contribution in [3.8, 4) is 5.69 Å². The first-order valence-corrected chi connectivity index (χ1v) is 8.99. The van der Waals surface area contributed by atoms with Crippen LogP contribution in [0.4, 0.5) is 5.82 Å². The maximum atomic E-state index is 12.7. The summed E-state index contributed by atoms with van der Waals surface area (Å²) in [5.41, 5.74) is 2.34. The SMILES string of the molecule is Cc1nn(-c2ccccc2)c(C)c1C(=O)O[C@@H](C)C(=O)Nc1ccc(Cl)cn1. The molecule has 1 atom stereocenters. The third-order valence-electron chi connectivity index (χ3n) is 4.13. The van der Waals surface area contributed by atoms with Gasteiger partial charge in [0.25, 0.3) is 5.91 Å². The zero-order chi connectivity index (χ0) is 20.3. The smallest absolute Gasteiger partial charge is 0.342 e. The van der Waals surface area contributed by atoms with Crippen LogP contribution in [0.25, 0.3) is 5.69 Å². The molecular formula is C20H19ClN4O3. The predicted molar refractivity (Wildman–Crippen MR) is 106 cm³/mol. The molecule has 1 aromatic carbocycles. The zero-order valence-corrected chi connectivity index (χ0v) is 16.4. The van der Waals surface area contributed by atoms with Gasteiger partial charge in [0.15, 0.2) is 6.10 Å². The second kappa shape index (κ2) is 8.22. The maximum absolute atomic E-state index is 12.7. The average molecular weight is 399 g/mol. The van der Waals surface area contributed by atoms with Crippen LogP contribution >= 0.6 is 11.6 Å². The number of pyridine rings is 1. The first-order valence-electron chi connectivity index (χ1n) is 8.62. The third-order valence-corrected chi connectivity index (χ3v) is 4.35. The summed E-state index contributed by atoms with van der Waals surface area (Å²) in [6, 6.07) is 12.6. The molecule has 0 saturated heterocycles. The number of carbonyl (C=O) groups excluding carboxylic acids is 2. The standard InChI is InChI=1S/C20H19ClN4O3/c1-12-18(13(2)25(24-12)16-7-5-4-6-8-16)20(27)28-14(3)19(26)23-17-10-9-15(21)11-22-17/h4-11,14H,1-3H3,(H,22,23,26)/t14-/m0/s1. The molecule has 0 aliphatic rings. The number of amides is 1. The number of anilines is 1. The first kappa shape index (κ1) is 19.6. The van der Waals surface area contributed by atoms with E-state index in [4.69, 9.17) is 16.3 Å². The fourth-order valence-corrected chi connectivity index (χ4v) is 2.82. The number of hydrogen-bond acceptors (Lipinski definition) is 5. The molecule has 1 amide bonds. The van der Waals surface area contributed by atoms with Gasteiger partial charge in [-0.2, -0.15) is 5.10 Å². The average Bonchev–Trinajstić information content (AvgIpc) is 2.98. The quantitative estimate of drug-likeness (QED) is 0.662. The van der Waals surface area contributed by atoms with Gasteiger partial charge in [0.05, 0.1) is 22.1 Å². The number of rotatable bonds is 5. The molecule has 0 unspecified atom stereocenters. The lowest BCUT2D eigenvalue weighted by Crippen LogP contribution is -2.30. The summed E-state index contributed by atoms with van der Waals surface area (Å²) in [5.74, 6) is -0.778. The summed E-state index contributed by atoms with van der Waals surface area (Å²) in [4.78, 5) is 28.9. The first-order chi connectivity index (χ1) is 13.4. The van der Waals surface area contributed by atoms with Crippen molar-refractivity contribution in [1.82, 2.24) is 14.8 Å². The van der Waals surface area contributed by atoms with Crippen LogP contribution < -0.4 is 5.32 Å². The summed E-state index contributed by atoms with van der Waals surface area (Å²) in [7, 11) is 0. The molecule has 0 radical (unpaired) electrons. The number of aromatic nitrogens is 3. The zero-order valence-electron chi connectivity index (χ0n) is 15.6. The van der Waals surface area contributed by atoms with Gasteiger partial charge in [0.1, 0.15) is 11.4 Å². The highest BCUT2D eigenvalue weighted by molar-refractivity contribution is 6.30. The third kappa shape index (κ3) is 4.20. The second-order valence-corrected chi connectivity index (χ2v) is 6.63. The van der Waals surface area contributed by atoms with E-state index < -0.39 is 18.0 Å². The number of aryl methyl sites for hydroxylation is 1. The second-order valence-electron chi connectivity index (χ2n) is 6.19. The van der Waals surface area contributed by atoms with Gasteiger partial charge in [-0.05, 0) is 45.0 Å². The lowest BCUT2D eigenvalue weighted by atomic mass is 10.2. The van der Waals surface area contributed by atoms with E-state index in [1.165, 1.54) is 13.1 Å². The van der Waals surface area contributed by atoms with Crippen molar-refractivity contribution in [1.29, 1.82) is 0 Å². The van der Waals surface area contributed by atoms with Gasteiger partial charge in [-0.1, -0.05) is 29.8 Å². The minimum absolute atomic E-state index is 0.321. The summed E-state index contributed by atoms with van der Waals surface area (Å²) in [5, 5.41) is 7.46. The van der Waals surface area contributed by atoms with Gasteiger partial charge in [-0.25, -0.2) is 14.5 Å². The Kier molecular flexibility index (Phi) is 5.75. The van der Waals surface area contributed by atoms with Gasteiger partial charge < -0.3 is 10.1 Å². The normalized spacial score (nSPS) is 11.7. The highest BCUT2D eigenvalue weighted by atomic mass is 35.5. The number of ether oxygens (including phenoxy) is 1. The van der Waals surface area contributed by atoms with Crippen molar-refractivity contribution < 1.29 is 14.3 Å². The molecule has 7 nitrogen and oxygen atoms in total. The van der Waals surface area contributed by atoms with Crippen LogP contribution in [-0.4, -0.2) is 32.7 Å². The van der Waals surface area contributed by atoms with Gasteiger partial charge in [-0.3, -0.25) is 4.79 Å². The van der Waals surface area contributed by atoms with Crippen molar-refractivity contribution in [2.24, 2.45) is 0 Å². The van der Waals surface area contributed by atoms with E-state index in [0.29, 0.717) is 27.8 Å². The Hall–Kier alpha value is -3.19. The lowest BCUT2D eigenvalue weighted by Gasteiger charge is -2.13. The molecule has 0 aliphatic carbocycles. The molecule has 0 saturated carbocycles. The summed E-state index contributed by atoms with van der Waals surface area (Å²) in [6.07, 6.45) is 0.405. The molecule has 3 rings (SSSR count). The Balaban J connectivity index is 1.73. The minimum atomic E-state index is -1.01. The molecule has 0 spiro atoms. The summed E-state index contributed by atoms with van der Waals surface area (Å²) >= 11 is 5.77. The number of para-hydroxylation sites is 1. The van der Waals surface area contributed by atoms with Crippen molar-refractivity contribution >= 4 is 29.3 Å². The monoisotopic (exact) mass is 398 g/mol. The Morgan fingerprint density at radius 1 is 1.14 bits per heavy atom. The lowest BCUT2D eigenvalue weighted by molar-refractivity contribution is -0.123.